The Kier molecular flexibility index (Phi) is 8.48. The SMILES string of the molecule is Cc1ccc(C(=O)Oc2ccc(C(=O)COC(=O)c3ccc(COc4ccc(Br)cc4)cc3)cc2)cc1. The second-order valence-corrected chi connectivity index (χ2v) is 9.13. The van der Waals surface area contributed by atoms with Gasteiger partial charge in [0, 0.05) is 10.0 Å². The number of hydrogen-bond donors (Lipinski definition) is 0. The monoisotopic (exact) mass is 558 g/mol. The van der Waals surface area contributed by atoms with Gasteiger partial charge in [0.25, 0.3) is 0 Å². The molecule has 0 N–H and O–H groups in total. The molecule has 0 atom stereocenters. The molecule has 7 heteroatoms. The summed E-state index contributed by atoms with van der Waals surface area (Å²) in [5.74, 6) is -0.411. The number of halogens is 1. The van der Waals surface area contributed by atoms with E-state index in [0.29, 0.717) is 29.0 Å². The predicted octanol–water partition coefficient (Wildman–Crippen LogP) is 6.60. The molecule has 0 unspecified atom stereocenters. The number of ketones is 1. The van der Waals surface area contributed by atoms with E-state index in [1.165, 1.54) is 24.3 Å². The lowest BCUT2D eigenvalue weighted by molar-refractivity contribution is 0.0474. The smallest absolute Gasteiger partial charge is 0.343 e. The minimum Gasteiger partial charge on any atom is -0.489 e. The molecule has 0 saturated carbocycles. The van der Waals surface area contributed by atoms with E-state index in [2.05, 4.69) is 15.9 Å². The fraction of sp³-hybridized carbons (Fsp3) is 0.100. The van der Waals surface area contributed by atoms with Crippen LogP contribution in [-0.2, 0) is 11.3 Å². The maximum atomic E-state index is 12.5. The van der Waals surface area contributed by atoms with Crippen LogP contribution < -0.4 is 9.47 Å². The third-order valence-corrected chi connectivity index (χ3v) is 5.95. The van der Waals surface area contributed by atoms with Gasteiger partial charge in [-0.05, 0) is 85.3 Å². The third kappa shape index (κ3) is 7.38. The lowest BCUT2D eigenvalue weighted by Gasteiger charge is -2.08. The molecule has 0 bridgehead atoms. The quantitative estimate of drug-likeness (QED) is 0.131. The van der Waals surface area contributed by atoms with Gasteiger partial charge in [0.05, 0.1) is 11.1 Å². The summed E-state index contributed by atoms with van der Waals surface area (Å²) in [5.41, 5.74) is 3.03. The molecule has 0 amide bonds. The van der Waals surface area contributed by atoms with Gasteiger partial charge < -0.3 is 14.2 Å². The molecule has 0 aliphatic rings. The second-order valence-electron chi connectivity index (χ2n) is 8.22. The van der Waals surface area contributed by atoms with Crippen LogP contribution in [0.5, 0.6) is 11.5 Å². The van der Waals surface area contributed by atoms with Crippen molar-refractivity contribution < 1.29 is 28.6 Å². The summed E-state index contributed by atoms with van der Waals surface area (Å²) < 4.78 is 17.2. The summed E-state index contributed by atoms with van der Waals surface area (Å²) >= 11 is 3.38. The van der Waals surface area contributed by atoms with Gasteiger partial charge in [-0.25, -0.2) is 9.59 Å². The molecule has 0 aromatic heterocycles. The largest absolute Gasteiger partial charge is 0.489 e. The molecule has 37 heavy (non-hydrogen) atoms. The van der Waals surface area contributed by atoms with Crippen molar-refractivity contribution in [3.8, 4) is 11.5 Å². The number of Topliss-reactive ketones (excluding diaryl/α,β-unsaturated/α-hetero) is 1. The fourth-order valence-electron chi connectivity index (χ4n) is 3.30. The first kappa shape index (κ1) is 25.9. The summed E-state index contributed by atoms with van der Waals surface area (Å²) in [5, 5.41) is 0. The molecule has 0 heterocycles. The van der Waals surface area contributed by atoms with Crippen molar-refractivity contribution in [2.75, 3.05) is 6.61 Å². The van der Waals surface area contributed by atoms with E-state index < -0.39 is 18.5 Å². The molecule has 0 aliphatic carbocycles. The van der Waals surface area contributed by atoms with Gasteiger partial charge in [-0.2, -0.15) is 0 Å². The van der Waals surface area contributed by atoms with Crippen LogP contribution in [0.25, 0.3) is 0 Å². The summed E-state index contributed by atoms with van der Waals surface area (Å²) in [6.45, 7) is 1.88. The first-order valence-corrected chi connectivity index (χ1v) is 12.2. The zero-order valence-corrected chi connectivity index (χ0v) is 21.6. The average Bonchev–Trinajstić information content (AvgIpc) is 2.92. The first-order valence-electron chi connectivity index (χ1n) is 11.4. The van der Waals surface area contributed by atoms with Crippen molar-refractivity contribution in [3.05, 3.63) is 129 Å². The lowest BCUT2D eigenvalue weighted by Crippen LogP contribution is -2.14. The highest BCUT2D eigenvalue weighted by atomic mass is 79.9. The Morgan fingerprint density at radius 3 is 1.84 bits per heavy atom. The Hall–Kier alpha value is -4.23. The number of carbonyl (C=O) groups is 3. The third-order valence-electron chi connectivity index (χ3n) is 5.42. The maximum absolute atomic E-state index is 12.5. The average molecular weight is 559 g/mol. The summed E-state index contributed by atoms with van der Waals surface area (Å²) in [6.07, 6.45) is 0. The number of aryl methyl sites for hydroxylation is 1. The van der Waals surface area contributed by atoms with Gasteiger partial charge in [-0.3, -0.25) is 4.79 Å². The number of hydrogen-bond acceptors (Lipinski definition) is 6. The van der Waals surface area contributed by atoms with E-state index in [0.717, 1.165) is 21.3 Å². The number of ether oxygens (including phenoxy) is 3. The van der Waals surface area contributed by atoms with Gasteiger partial charge in [0.15, 0.2) is 12.4 Å². The highest BCUT2D eigenvalue weighted by Gasteiger charge is 2.13. The van der Waals surface area contributed by atoms with Crippen LogP contribution in [0.3, 0.4) is 0 Å². The van der Waals surface area contributed by atoms with Crippen molar-refractivity contribution in [2.24, 2.45) is 0 Å². The van der Waals surface area contributed by atoms with E-state index >= 15 is 0 Å². The Balaban J connectivity index is 1.25. The van der Waals surface area contributed by atoms with Crippen molar-refractivity contribution in [1.82, 2.24) is 0 Å². The zero-order chi connectivity index (χ0) is 26.2. The van der Waals surface area contributed by atoms with Crippen LogP contribution in [0, 0.1) is 6.92 Å². The molecular weight excluding hydrogens is 536 g/mol. The van der Waals surface area contributed by atoms with Crippen LogP contribution in [0.1, 0.15) is 42.2 Å². The topological polar surface area (TPSA) is 78.9 Å². The van der Waals surface area contributed by atoms with E-state index in [4.69, 9.17) is 14.2 Å². The molecule has 0 aliphatic heterocycles. The van der Waals surface area contributed by atoms with Crippen LogP contribution in [0.2, 0.25) is 0 Å². The van der Waals surface area contributed by atoms with Crippen molar-refractivity contribution in [1.29, 1.82) is 0 Å². The maximum Gasteiger partial charge on any atom is 0.343 e. The van der Waals surface area contributed by atoms with E-state index in [1.54, 1.807) is 36.4 Å². The summed E-state index contributed by atoms with van der Waals surface area (Å²) in [7, 11) is 0. The van der Waals surface area contributed by atoms with Gasteiger partial charge in [-0.15, -0.1) is 0 Å². The second kappa shape index (κ2) is 12.1. The Labute approximate surface area is 222 Å². The molecule has 0 saturated heterocycles. The van der Waals surface area contributed by atoms with Gasteiger partial charge in [0.1, 0.15) is 18.1 Å². The Morgan fingerprint density at radius 2 is 1.19 bits per heavy atom. The van der Waals surface area contributed by atoms with Gasteiger partial charge in [0.2, 0.25) is 0 Å². The molecule has 0 fully saturated rings. The number of esters is 2. The normalized spacial score (nSPS) is 10.4. The lowest BCUT2D eigenvalue weighted by atomic mass is 10.1. The van der Waals surface area contributed by atoms with Gasteiger partial charge in [-0.1, -0.05) is 45.8 Å². The number of benzene rings is 4. The predicted molar refractivity (Wildman–Crippen MR) is 142 cm³/mol. The first-order chi connectivity index (χ1) is 17.9. The van der Waals surface area contributed by atoms with Crippen LogP contribution >= 0.6 is 15.9 Å². The summed E-state index contributed by atoms with van der Waals surface area (Å²) in [6, 6.07) is 27.4. The molecule has 186 valence electrons. The van der Waals surface area contributed by atoms with Gasteiger partial charge >= 0.3 is 11.9 Å². The number of rotatable bonds is 9. The van der Waals surface area contributed by atoms with Crippen LogP contribution in [-0.4, -0.2) is 24.3 Å². The Bertz CT molecular complexity index is 1380. The molecule has 6 nitrogen and oxygen atoms in total. The highest BCUT2D eigenvalue weighted by Crippen LogP contribution is 2.18. The zero-order valence-electron chi connectivity index (χ0n) is 20.0. The molecule has 4 rings (SSSR count). The van der Waals surface area contributed by atoms with Crippen LogP contribution in [0.15, 0.2) is 102 Å². The van der Waals surface area contributed by atoms with E-state index in [-0.39, 0.29) is 5.78 Å². The van der Waals surface area contributed by atoms with Crippen molar-refractivity contribution in [2.45, 2.75) is 13.5 Å². The van der Waals surface area contributed by atoms with Crippen molar-refractivity contribution in [3.63, 3.8) is 0 Å². The molecule has 0 radical (unpaired) electrons. The van der Waals surface area contributed by atoms with E-state index in [9.17, 15) is 14.4 Å². The minimum atomic E-state index is -0.600. The molecular formula is C30H23BrO6. The van der Waals surface area contributed by atoms with Crippen molar-refractivity contribution >= 4 is 33.7 Å². The fourth-order valence-corrected chi connectivity index (χ4v) is 3.56. The number of carbonyl (C=O) groups excluding carboxylic acids is 3. The molecule has 4 aromatic carbocycles. The summed E-state index contributed by atoms with van der Waals surface area (Å²) in [4.78, 5) is 37.1. The van der Waals surface area contributed by atoms with Crippen LogP contribution in [0.4, 0.5) is 0 Å². The Morgan fingerprint density at radius 1 is 0.649 bits per heavy atom. The standard InChI is InChI=1S/C30H23BrO6/c1-20-2-6-24(7-3-20)30(34)37-27-14-10-22(11-15-27)28(32)19-36-29(33)23-8-4-21(5-9-23)18-35-26-16-12-25(31)13-17-26/h2-17H,18-19H2,1H3. The minimum absolute atomic E-state index is 0.309. The highest BCUT2D eigenvalue weighted by molar-refractivity contribution is 9.10. The molecule has 4 aromatic rings. The molecule has 0 spiro atoms. The van der Waals surface area contributed by atoms with E-state index in [1.807, 2.05) is 43.3 Å².